The van der Waals surface area contributed by atoms with Crippen LogP contribution in [0.5, 0.6) is 0 Å². The number of aliphatic carboxylic acids is 1. The van der Waals surface area contributed by atoms with Crippen molar-refractivity contribution in [3.05, 3.63) is 17.8 Å². The molecule has 1 rings (SSSR count). The zero-order valence-electron chi connectivity index (χ0n) is 8.99. The number of aryl methyl sites for hydroxylation is 1. The van der Waals surface area contributed by atoms with Crippen molar-refractivity contribution in [1.82, 2.24) is 10.3 Å². The normalized spacial score (nSPS) is 12.7. The molecule has 0 spiro atoms. The molecule has 1 aromatic heterocycles. The van der Waals surface area contributed by atoms with E-state index in [9.17, 15) is 4.79 Å². The Kier molecular flexibility index (Phi) is 4.30. The number of oxazole rings is 1. The van der Waals surface area contributed by atoms with Gasteiger partial charge in [-0.2, -0.15) is 0 Å². The standard InChI is InChI=1S/C10H16N2O3/c1-3-7-5-12-9(15-7)6-11-8(4-2)10(13)14/h5,8,11H,3-4,6H2,1-2H3,(H,13,14). The van der Waals surface area contributed by atoms with E-state index in [-0.39, 0.29) is 0 Å². The molecule has 0 amide bonds. The number of rotatable bonds is 6. The fraction of sp³-hybridized carbons (Fsp3) is 0.600. The van der Waals surface area contributed by atoms with Crippen LogP contribution in [0.25, 0.3) is 0 Å². The number of carboxylic acid groups (broad SMARTS) is 1. The average Bonchev–Trinajstić information content (AvgIpc) is 2.66. The Hall–Kier alpha value is -1.36. The van der Waals surface area contributed by atoms with Gasteiger partial charge in [0.1, 0.15) is 11.8 Å². The van der Waals surface area contributed by atoms with Gasteiger partial charge in [-0.3, -0.25) is 10.1 Å². The molecule has 1 atom stereocenters. The van der Waals surface area contributed by atoms with Crippen LogP contribution in [-0.2, 0) is 17.8 Å². The summed E-state index contributed by atoms with van der Waals surface area (Å²) in [5.74, 6) is 0.501. The molecule has 0 bridgehead atoms. The molecule has 15 heavy (non-hydrogen) atoms. The molecule has 1 aromatic rings. The number of hydrogen-bond donors (Lipinski definition) is 2. The Labute approximate surface area is 88.5 Å². The summed E-state index contributed by atoms with van der Waals surface area (Å²) in [5, 5.41) is 11.7. The monoisotopic (exact) mass is 212 g/mol. The molecule has 0 saturated carbocycles. The van der Waals surface area contributed by atoms with E-state index in [1.807, 2.05) is 13.8 Å². The fourth-order valence-corrected chi connectivity index (χ4v) is 1.21. The third kappa shape index (κ3) is 3.36. The summed E-state index contributed by atoms with van der Waals surface area (Å²) in [6.45, 7) is 4.15. The molecule has 1 unspecified atom stereocenters. The van der Waals surface area contributed by atoms with Crippen molar-refractivity contribution < 1.29 is 14.3 Å². The van der Waals surface area contributed by atoms with Gasteiger partial charge in [0.05, 0.1) is 12.7 Å². The first-order valence-electron chi connectivity index (χ1n) is 5.07. The predicted molar refractivity (Wildman–Crippen MR) is 54.4 cm³/mol. The lowest BCUT2D eigenvalue weighted by Crippen LogP contribution is -2.35. The van der Waals surface area contributed by atoms with E-state index in [0.717, 1.165) is 12.2 Å². The molecule has 0 aliphatic rings. The Morgan fingerprint density at radius 3 is 2.87 bits per heavy atom. The van der Waals surface area contributed by atoms with E-state index in [4.69, 9.17) is 9.52 Å². The Morgan fingerprint density at radius 2 is 2.40 bits per heavy atom. The highest BCUT2D eigenvalue weighted by atomic mass is 16.4. The van der Waals surface area contributed by atoms with Crippen molar-refractivity contribution in [2.75, 3.05) is 0 Å². The number of nitrogens with one attached hydrogen (secondary N) is 1. The van der Waals surface area contributed by atoms with Crippen molar-refractivity contribution in [3.63, 3.8) is 0 Å². The van der Waals surface area contributed by atoms with Crippen LogP contribution >= 0.6 is 0 Å². The lowest BCUT2D eigenvalue weighted by atomic mass is 10.2. The van der Waals surface area contributed by atoms with Crippen LogP contribution in [-0.4, -0.2) is 22.1 Å². The topological polar surface area (TPSA) is 75.4 Å². The SMILES string of the molecule is CCc1cnc(CNC(CC)C(=O)O)o1. The van der Waals surface area contributed by atoms with Gasteiger partial charge in [-0.05, 0) is 6.42 Å². The van der Waals surface area contributed by atoms with E-state index in [0.29, 0.717) is 18.9 Å². The van der Waals surface area contributed by atoms with Crippen LogP contribution < -0.4 is 5.32 Å². The van der Waals surface area contributed by atoms with Crippen molar-refractivity contribution in [2.45, 2.75) is 39.3 Å². The second-order valence-electron chi connectivity index (χ2n) is 3.25. The number of carbonyl (C=O) groups is 1. The lowest BCUT2D eigenvalue weighted by Gasteiger charge is -2.09. The summed E-state index contributed by atoms with van der Waals surface area (Å²) in [6, 6.07) is -0.540. The molecule has 0 aromatic carbocycles. The van der Waals surface area contributed by atoms with E-state index in [2.05, 4.69) is 10.3 Å². The highest BCUT2D eigenvalue weighted by Crippen LogP contribution is 2.04. The van der Waals surface area contributed by atoms with Crippen molar-refractivity contribution in [3.8, 4) is 0 Å². The summed E-state index contributed by atoms with van der Waals surface area (Å²) in [4.78, 5) is 14.7. The van der Waals surface area contributed by atoms with Crippen LogP contribution in [0.4, 0.5) is 0 Å². The lowest BCUT2D eigenvalue weighted by molar-refractivity contribution is -0.139. The highest BCUT2D eigenvalue weighted by Gasteiger charge is 2.14. The first-order valence-corrected chi connectivity index (χ1v) is 5.07. The Morgan fingerprint density at radius 1 is 1.67 bits per heavy atom. The van der Waals surface area contributed by atoms with Crippen LogP contribution in [0.2, 0.25) is 0 Å². The number of carboxylic acids is 1. The molecule has 0 fully saturated rings. The minimum Gasteiger partial charge on any atom is -0.480 e. The molecular formula is C10H16N2O3. The molecule has 1 heterocycles. The van der Waals surface area contributed by atoms with E-state index >= 15 is 0 Å². The smallest absolute Gasteiger partial charge is 0.320 e. The molecular weight excluding hydrogens is 196 g/mol. The van der Waals surface area contributed by atoms with Gasteiger partial charge in [0.15, 0.2) is 0 Å². The molecule has 5 heteroatoms. The van der Waals surface area contributed by atoms with Gasteiger partial charge < -0.3 is 9.52 Å². The van der Waals surface area contributed by atoms with Crippen molar-refractivity contribution in [1.29, 1.82) is 0 Å². The van der Waals surface area contributed by atoms with Crippen LogP contribution in [0.15, 0.2) is 10.6 Å². The molecule has 84 valence electrons. The molecule has 0 radical (unpaired) electrons. The van der Waals surface area contributed by atoms with Crippen molar-refractivity contribution in [2.24, 2.45) is 0 Å². The molecule has 2 N–H and O–H groups in total. The minimum absolute atomic E-state index is 0.352. The summed E-state index contributed by atoms with van der Waals surface area (Å²) >= 11 is 0. The average molecular weight is 212 g/mol. The largest absolute Gasteiger partial charge is 0.480 e. The van der Waals surface area contributed by atoms with Crippen LogP contribution in [0.1, 0.15) is 31.9 Å². The second-order valence-corrected chi connectivity index (χ2v) is 3.25. The molecule has 0 aliphatic carbocycles. The highest BCUT2D eigenvalue weighted by molar-refractivity contribution is 5.73. The maximum atomic E-state index is 10.7. The van der Waals surface area contributed by atoms with E-state index in [1.54, 1.807) is 6.20 Å². The first-order chi connectivity index (χ1) is 7.17. The summed E-state index contributed by atoms with van der Waals surface area (Å²) < 4.78 is 5.34. The van der Waals surface area contributed by atoms with Gasteiger partial charge >= 0.3 is 5.97 Å². The number of hydrogen-bond acceptors (Lipinski definition) is 4. The second kappa shape index (κ2) is 5.50. The third-order valence-corrected chi connectivity index (χ3v) is 2.16. The number of nitrogens with zero attached hydrogens (tertiary/aromatic N) is 1. The quantitative estimate of drug-likeness (QED) is 0.740. The zero-order valence-corrected chi connectivity index (χ0v) is 8.99. The van der Waals surface area contributed by atoms with Gasteiger partial charge in [0.2, 0.25) is 5.89 Å². The predicted octanol–water partition coefficient (Wildman–Crippen LogP) is 1.19. The van der Waals surface area contributed by atoms with Crippen molar-refractivity contribution >= 4 is 5.97 Å². The summed E-state index contributed by atoms with van der Waals surface area (Å²) in [7, 11) is 0. The Balaban J connectivity index is 2.45. The van der Waals surface area contributed by atoms with Gasteiger partial charge in [-0.15, -0.1) is 0 Å². The molecule has 0 aliphatic heterocycles. The zero-order chi connectivity index (χ0) is 11.3. The van der Waals surface area contributed by atoms with E-state index in [1.165, 1.54) is 0 Å². The van der Waals surface area contributed by atoms with E-state index < -0.39 is 12.0 Å². The summed E-state index contributed by atoms with van der Waals surface area (Å²) in [6.07, 6.45) is 3.00. The molecule has 0 saturated heterocycles. The van der Waals surface area contributed by atoms with Gasteiger partial charge in [-0.1, -0.05) is 13.8 Å². The maximum Gasteiger partial charge on any atom is 0.320 e. The fourth-order valence-electron chi connectivity index (χ4n) is 1.21. The summed E-state index contributed by atoms with van der Waals surface area (Å²) in [5.41, 5.74) is 0. The van der Waals surface area contributed by atoms with Gasteiger partial charge in [0, 0.05) is 6.42 Å². The van der Waals surface area contributed by atoms with Gasteiger partial charge in [-0.25, -0.2) is 4.98 Å². The number of aromatic nitrogens is 1. The third-order valence-electron chi connectivity index (χ3n) is 2.16. The van der Waals surface area contributed by atoms with Crippen LogP contribution in [0.3, 0.4) is 0 Å². The first kappa shape index (κ1) is 11.7. The Bertz CT molecular complexity index is 322. The van der Waals surface area contributed by atoms with Gasteiger partial charge in [0.25, 0.3) is 0 Å². The minimum atomic E-state index is -0.847. The maximum absolute atomic E-state index is 10.7. The molecule has 5 nitrogen and oxygen atoms in total. The van der Waals surface area contributed by atoms with Crippen LogP contribution in [0, 0.1) is 0 Å².